The maximum atomic E-state index is 3.90. The molecule has 0 amide bonds. The van der Waals surface area contributed by atoms with Gasteiger partial charge in [-0.1, -0.05) is 11.8 Å². The van der Waals surface area contributed by atoms with E-state index in [-0.39, 0.29) is 5.54 Å². The summed E-state index contributed by atoms with van der Waals surface area (Å²) in [5, 5.41) is 15.7. The fourth-order valence-electron chi connectivity index (χ4n) is 1.02. The van der Waals surface area contributed by atoms with E-state index >= 15 is 0 Å². The number of thioether (sulfide) groups is 1. The van der Waals surface area contributed by atoms with Crippen LogP contribution in [0.4, 0.5) is 0 Å². The largest absolute Gasteiger partial charge is 0.310 e. The summed E-state index contributed by atoms with van der Waals surface area (Å²) in [5.41, 5.74) is 0.146. The highest BCUT2D eigenvalue weighted by Gasteiger charge is 2.09. The molecule has 0 fully saturated rings. The van der Waals surface area contributed by atoms with E-state index in [0.717, 1.165) is 18.2 Å². The van der Waals surface area contributed by atoms with Gasteiger partial charge in [-0.25, -0.2) is 4.68 Å². The van der Waals surface area contributed by atoms with Crippen molar-refractivity contribution in [1.82, 2.24) is 25.5 Å². The van der Waals surface area contributed by atoms with Crippen molar-refractivity contribution in [3.05, 3.63) is 0 Å². The number of hydrogen-bond donors (Lipinski definition) is 1. The third-order valence-corrected chi connectivity index (χ3v) is 2.32. The number of rotatable bonds is 4. The molecule has 1 aromatic heterocycles. The molecular weight excluding hydrogens is 198 g/mol. The topological polar surface area (TPSA) is 55.6 Å². The molecule has 0 spiro atoms. The van der Waals surface area contributed by atoms with Crippen LogP contribution in [0.1, 0.15) is 20.8 Å². The van der Waals surface area contributed by atoms with Crippen molar-refractivity contribution in [1.29, 1.82) is 0 Å². The van der Waals surface area contributed by atoms with Crippen LogP contribution in [0.15, 0.2) is 5.16 Å². The van der Waals surface area contributed by atoms with E-state index < -0.39 is 0 Å². The summed E-state index contributed by atoms with van der Waals surface area (Å²) in [6.07, 6.45) is 1.97. The summed E-state index contributed by atoms with van der Waals surface area (Å²) in [4.78, 5) is 0. The molecule has 5 nitrogen and oxygen atoms in total. The van der Waals surface area contributed by atoms with E-state index in [2.05, 4.69) is 41.6 Å². The van der Waals surface area contributed by atoms with Crippen LogP contribution < -0.4 is 5.32 Å². The lowest BCUT2D eigenvalue weighted by Crippen LogP contribution is -2.38. The van der Waals surface area contributed by atoms with Gasteiger partial charge in [0.15, 0.2) is 0 Å². The Bertz CT molecular complexity index is 278. The standard InChI is InChI=1S/C8H17N5S/c1-8(2,3)9-5-6-13-7(14-4)10-11-12-13/h9H,5-6H2,1-4H3. The second kappa shape index (κ2) is 4.75. The fraction of sp³-hybridized carbons (Fsp3) is 0.875. The third-order valence-electron chi connectivity index (χ3n) is 1.66. The van der Waals surface area contributed by atoms with E-state index in [4.69, 9.17) is 0 Å². The highest BCUT2D eigenvalue weighted by Crippen LogP contribution is 2.07. The zero-order valence-electron chi connectivity index (χ0n) is 9.11. The number of nitrogens with zero attached hydrogens (tertiary/aromatic N) is 4. The summed E-state index contributed by atoms with van der Waals surface area (Å²) in [6.45, 7) is 8.11. The molecule has 0 atom stereocenters. The van der Waals surface area contributed by atoms with Crippen LogP contribution in [0, 0.1) is 0 Å². The minimum absolute atomic E-state index is 0.146. The van der Waals surface area contributed by atoms with Crippen molar-refractivity contribution in [2.24, 2.45) is 0 Å². The van der Waals surface area contributed by atoms with Crippen LogP contribution in [-0.2, 0) is 6.54 Å². The molecule has 0 bridgehead atoms. The summed E-state index contributed by atoms with van der Waals surface area (Å²) in [7, 11) is 0. The number of tetrazole rings is 1. The Labute approximate surface area is 88.6 Å². The minimum Gasteiger partial charge on any atom is -0.310 e. The molecule has 80 valence electrons. The Morgan fingerprint density at radius 1 is 1.43 bits per heavy atom. The van der Waals surface area contributed by atoms with Gasteiger partial charge in [-0.3, -0.25) is 0 Å². The third kappa shape index (κ3) is 3.63. The molecule has 1 aromatic rings. The Morgan fingerprint density at radius 3 is 2.71 bits per heavy atom. The van der Waals surface area contributed by atoms with E-state index in [1.807, 2.05) is 10.9 Å². The van der Waals surface area contributed by atoms with Crippen molar-refractivity contribution >= 4 is 11.8 Å². The van der Waals surface area contributed by atoms with Gasteiger partial charge in [-0.05, 0) is 37.5 Å². The lowest BCUT2D eigenvalue weighted by molar-refractivity contribution is 0.396. The highest BCUT2D eigenvalue weighted by atomic mass is 32.2. The van der Waals surface area contributed by atoms with Crippen molar-refractivity contribution in [3.8, 4) is 0 Å². The number of nitrogens with one attached hydrogen (secondary N) is 1. The predicted octanol–water partition coefficient (Wildman–Crippen LogP) is 0.783. The quantitative estimate of drug-likeness (QED) is 0.752. The van der Waals surface area contributed by atoms with E-state index in [0.29, 0.717) is 0 Å². The summed E-state index contributed by atoms with van der Waals surface area (Å²) >= 11 is 1.56. The highest BCUT2D eigenvalue weighted by molar-refractivity contribution is 7.98. The summed E-state index contributed by atoms with van der Waals surface area (Å²) in [6, 6.07) is 0. The van der Waals surface area contributed by atoms with Crippen LogP contribution in [-0.4, -0.2) is 38.5 Å². The predicted molar refractivity (Wildman–Crippen MR) is 57.4 cm³/mol. The van der Waals surface area contributed by atoms with E-state index in [1.165, 1.54) is 0 Å². The molecule has 0 aliphatic heterocycles. The maximum absolute atomic E-state index is 3.90. The van der Waals surface area contributed by atoms with Gasteiger partial charge in [0, 0.05) is 12.1 Å². The normalized spacial score (nSPS) is 12.0. The van der Waals surface area contributed by atoms with Crippen LogP contribution in [0.3, 0.4) is 0 Å². The molecule has 0 saturated heterocycles. The summed E-state index contributed by atoms with van der Waals surface area (Å²) < 4.78 is 1.81. The molecule has 0 saturated carbocycles. The van der Waals surface area contributed by atoms with Gasteiger partial charge in [0.2, 0.25) is 5.16 Å². The molecule has 0 aromatic carbocycles. The first kappa shape index (κ1) is 11.5. The average molecular weight is 215 g/mol. The Balaban J connectivity index is 2.38. The maximum Gasteiger partial charge on any atom is 0.209 e. The minimum atomic E-state index is 0.146. The smallest absolute Gasteiger partial charge is 0.209 e. The average Bonchev–Trinajstić information content (AvgIpc) is 2.49. The van der Waals surface area contributed by atoms with Crippen LogP contribution in [0.2, 0.25) is 0 Å². The lowest BCUT2D eigenvalue weighted by Gasteiger charge is -2.20. The zero-order valence-corrected chi connectivity index (χ0v) is 9.93. The Kier molecular flexibility index (Phi) is 3.88. The van der Waals surface area contributed by atoms with Crippen molar-refractivity contribution < 1.29 is 0 Å². The molecule has 0 aliphatic rings. The van der Waals surface area contributed by atoms with Crippen LogP contribution in [0.25, 0.3) is 0 Å². The zero-order chi connectivity index (χ0) is 10.6. The van der Waals surface area contributed by atoms with Gasteiger partial charge >= 0.3 is 0 Å². The molecule has 0 unspecified atom stereocenters. The molecule has 1 N–H and O–H groups in total. The van der Waals surface area contributed by atoms with Crippen molar-refractivity contribution in [2.75, 3.05) is 12.8 Å². The molecule has 6 heteroatoms. The second-order valence-electron chi connectivity index (χ2n) is 4.07. The Morgan fingerprint density at radius 2 is 2.14 bits per heavy atom. The second-order valence-corrected chi connectivity index (χ2v) is 4.84. The first-order valence-corrected chi connectivity index (χ1v) is 5.80. The van der Waals surface area contributed by atoms with Crippen molar-refractivity contribution in [2.45, 2.75) is 38.0 Å². The van der Waals surface area contributed by atoms with Crippen LogP contribution in [0.5, 0.6) is 0 Å². The molecule has 0 aliphatic carbocycles. The van der Waals surface area contributed by atoms with Gasteiger partial charge in [-0.2, -0.15) is 0 Å². The first-order valence-electron chi connectivity index (χ1n) is 4.58. The summed E-state index contributed by atoms with van der Waals surface area (Å²) in [5.74, 6) is 0. The van der Waals surface area contributed by atoms with Gasteiger partial charge in [0.25, 0.3) is 0 Å². The SMILES string of the molecule is CSc1nnnn1CCNC(C)(C)C. The monoisotopic (exact) mass is 215 g/mol. The number of hydrogen-bond acceptors (Lipinski definition) is 5. The molecular formula is C8H17N5S. The molecule has 1 heterocycles. The molecule has 0 radical (unpaired) electrons. The Hall–Kier alpha value is -0.620. The first-order chi connectivity index (χ1) is 6.53. The van der Waals surface area contributed by atoms with Crippen LogP contribution >= 0.6 is 11.8 Å². The van der Waals surface area contributed by atoms with E-state index in [1.54, 1.807) is 11.8 Å². The molecule has 1 rings (SSSR count). The van der Waals surface area contributed by atoms with Gasteiger partial charge in [0.1, 0.15) is 0 Å². The lowest BCUT2D eigenvalue weighted by atomic mass is 10.1. The van der Waals surface area contributed by atoms with Gasteiger partial charge in [-0.15, -0.1) is 5.10 Å². The number of aromatic nitrogens is 4. The fourth-order valence-corrected chi connectivity index (χ4v) is 1.48. The van der Waals surface area contributed by atoms with Gasteiger partial charge < -0.3 is 5.32 Å². The van der Waals surface area contributed by atoms with Crippen molar-refractivity contribution in [3.63, 3.8) is 0 Å². The van der Waals surface area contributed by atoms with Gasteiger partial charge in [0.05, 0.1) is 6.54 Å². The van der Waals surface area contributed by atoms with E-state index in [9.17, 15) is 0 Å². The molecule has 14 heavy (non-hydrogen) atoms.